The van der Waals surface area contributed by atoms with E-state index in [1.165, 1.54) is 186 Å². The molecule has 57 heavy (non-hydrogen) atoms. The second-order valence-corrected chi connectivity index (χ2v) is 16.3. The minimum absolute atomic E-state index is 0. The van der Waals surface area contributed by atoms with Crippen molar-refractivity contribution >= 4 is 12.4 Å². The molecule has 0 atom stereocenters. The Bertz CT molecular complexity index is 776. The number of nitrogens with one attached hydrogen (secondary N) is 1. The molecule has 1 aliphatic heterocycles. The fourth-order valence-electron chi connectivity index (χ4n) is 7.08. The van der Waals surface area contributed by atoms with Crippen molar-refractivity contribution in [3.05, 3.63) is 26.2 Å². The standard InChI is InChI=1S/C25H49O2.C18H35O.C7H13N2O.Li/c1-4-7-10-13-16-18-21-24(22-19-17-14-11-8-5-2)27-25(26)23-20-15-12-9-6-3;1-4-6-8-9-10-11-12-13-15-17-19-18(3)16-14-7-5-2;10-7-8-3-6-9-4-1-2-5-9;/h24H,3-23H2,1-2H3;2-17H2,1H3;1-6H2,(H,8,10);/q3*-1;+1. The smallest absolute Gasteiger partial charge is 0.529 e. The topological polar surface area (TPSA) is 67.9 Å². The zero-order valence-electron chi connectivity index (χ0n) is 39.1. The molecular weight excluding hydrogens is 700 g/mol. The second-order valence-electron chi connectivity index (χ2n) is 16.3. The number of amides is 1. The average Bonchev–Trinajstić information content (AvgIpc) is 3.72. The summed E-state index contributed by atoms with van der Waals surface area (Å²) in [7, 11) is 0. The van der Waals surface area contributed by atoms with Gasteiger partial charge < -0.3 is 38.3 Å². The maximum atomic E-state index is 12.2. The Labute approximate surface area is 369 Å². The van der Waals surface area contributed by atoms with Crippen LogP contribution in [0.3, 0.4) is 0 Å². The number of carbonyl (C=O) groups is 1. The number of rotatable bonds is 40. The molecule has 0 unspecified atom stereocenters. The van der Waals surface area contributed by atoms with E-state index in [0.717, 1.165) is 70.4 Å². The van der Waals surface area contributed by atoms with Crippen LogP contribution in [-0.2, 0) is 19.1 Å². The van der Waals surface area contributed by atoms with E-state index in [0.29, 0.717) is 6.42 Å². The fourth-order valence-corrected chi connectivity index (χ4v) is 7.08. The van der Waals surface area contributed by atoms with Crippen molar-refractivity contribution in [2.45, 2.75) is 252 Å². The van der Waals surface area contributed by atoms with Gasteiger partial charge in [0.2, 0.25) is 0 Å². The first-order valence-corrected chi connectivity index (χ1v) is 24.4. The molecule has 0 radical (unpaired) electrons. The van der Waals surface area contributed by atoms with Crippen LogP contribution < -0.4 is 24.2 Å². The molecule has 0 bridgehead atoms. The third kappa shape index (κ3) is 51.1. The van der Waals surface area contributed by atoms with Gasteiger partial charge in [-0.05, 0) is 77.4 Å². The van der Waals surface area contributed by atoms with E-state index >= 15 is 0 Å². The summed E-state index contributed by atoms with van der Waals surface area (Å²) in [5, 5.41) is 2.53. The first-order chi connectivity index (χ1) is 27.5. The van der Waals surface area contributed by atoms with Crippen LogP contribution in [0.1, 0.15) is 245 Å². The van der Waals surface area contributed by atoms with Crippen molar-refractivity contribution in [3.63, 3.8) is 0 Å². The second kappa shape index (κ2) is 53.1. The number of likely N-dealkylation sites (tertiary alicyclic amines) is 1. The van der Waals surface area contributed by atoms with Gasteiger partial charge in [0.05, 0.1) is 12.4 Å². The molecule has 1 N–H and O–H groups in total. The fraction of sp³-hybridized carbons (Fsp3) is 0.880. The zero-order valence-corrected chi connectivity index (χ0v) is 39.1. The van der Waals surface area contributed by atoms with Gasteiger partial charge in [0.1, 0.15) is 6.10 Å². The normalized spacial score (nSPS) is 12.2. The Morgan fingerprint density at radius 2 is 1.05 bits per heavy atom. The predicted octanol–water partition coefficient (Wildman–Crippen LogP) is 11.8. The van der Waals surface area contributed by atoms with Crippen LogP contribution in [-0.4, -0.2) is 56.2 Å². The van der Waals surface area contributed by atoms with Gasteiger partial charge in [-0.3, -0.25) is 4.79 Å². The number of hydrogen-bond acceptors (Lipinski definition) is 5. The minimum Gasteiger partial charge on any atom is -0.529 e. The van der Waals surface area contributed by atoms with Crippen molar-refractivity contribution in [1.82, 2.24) is 10.2 Å². The monoisotopic (exact) mass is 797 g/mol. The van der Waals surface area contributed by atoms with Crippen LogP contribution in [0.5, 0.6) is 0 Å². The molecule has 1 rings (SSSR count). The number of unbranched alkanes of at least 4 members (excludes halogenated alkanes) is 24. The van der Waals surface area contributed by atoms with Gasteiger partial charge in [-0.15, -0.1) is 0 Å². The molecule has 0 aromatic rings. The largest absolute Gasteiger partial charge is 1.00 e. The van der Waals surface area contributed by atoms with Gasteiger partial charge in [0.15, 0.2) is 0 Å². The van der Waals surface area contributed by atoms with Crippen LogP contribution >= 0.6 is 0 Å². The van der Waals surface area contributed by atoms with Crippen LogP contribution in [0.2, 0.25) is 0 Å². The van der Waals surface area contributed by atoms with E-state index in [-0.39, 0.29) is 30.9 Å². The van der Waals surface area contributed by atoms with E-state index < -0.39 is 0 Å². The van der Waals surface area contributed by atoms with Gasteiger partial charge in [-0.25, -0.2) is 0 Å². The third-order valence-corrected chi connectivity index (χ3v) is 10.8. The summed E-state index contributed by atoms with van der Waals surface area (Å²) in [5.74, 6) is 1.000. The number of hydrogen-bond donors (Lipinski definition) is 1. The van der Waals surface area contributed by atoms with Crippen LogP contribution in [0.25, 0.3) is 0 Å². The van der Waals surface area contributed by atoms with E-state index in [4.69, 9.17) is 9.47 Å². The summed E-state index contributed by atoms with van der Waals surface area (Å²) >= 11 is 0. The predicted molar refractivity (Wildman–Crippen MR) is 244 cm³/mol. The molecule has 7 heteroatoms. The van der Waals surface area contributed by atoms with Gasteiger partial charge in [-0.1, -0.05) is 169 Å². The third-order valence-electron chi connectivity index (χ3n) is 10.8. The van der Waals surface area contributed by atoms with Gasteiger partial charge in [0, 0.05) is 19.4 Å². The van der Waals surface area contributed by atoms with E-state index in [9.17, 15) is 9.59 Å². The molecule has 334 valence electrons. The number of ether oxygens (including phenoxy) is 2. The molecule has 1 fully saturated rings. The average molecular weight is 797 g/mol. The maximum absolute atomic E-state index is 12.2. The first kappa shape index (κ1) is 60.3. The molecule has 0 saturated carbocycles. The van der Waals surface area contributed by atoms with Crippen molar-refractivity contribution in [3.8, 4) is 0 Å². The molecule has 1 amide bonds. The SMILES string of the molecule is C=C(CCCC[CH2-])OCCCCCCCCCCC.O=[C-]NCCN1CCCC1.[CH2-]CCCCCCC(=O)OC(CCCCCCCC)CCCCCCCC.[Li+]. The van der Waals surface area contributed by atoms with Crippen LogP contribution in [0.15, 0.2) is 12.3 Å². The Morgan fingerprint density at radius 1 is 0.632 bits per heavy atom. The van der Waals surface area contributed by atoms with E-state index in [2.05, 4.69) is 51.4 Å². The first-order valence-electron chi connectivity index (χ1n) is 24.4. The van der Waals surface area contributed by atoms with Crippen LogP contribution in [0.4, 0.5) is 0 Å². The summed E-state index contributed by atoms with van der Waals surface area (Å²) in [4.78, 5) is 24.3. The molecule has 0 aliphatic carbocycles. The molecular formula is C50H97LiN2O4-2. The summed E-state index contributed by atoms with van der Waals surface area (Å²) < 4.78 is 11.5. The van der Waals surface area contributed by atoms with Gasteiger partial charge in [0.25, 0.3) is 0 Å². The molecule has 1 saturated heterocycles. The Balaban J connectivity index is -0.000000839. The summed E-state index contributed by atoms with van der Waals surface area (Å²) in [6.07, 6.45) is 44.9. The van der Waals surface area contributed by atoms with E-state index in [1.807, 2.05) is 0 Å². The van der Waals surface area contributed by atoms with Gasteiger partial charge >= 0.3 is 24.8 Å². The number of allylic oxidation sites excluding steroid dienone is 1. The summed E-state index contributed by atoms with van der Waals surface area (Å²) in [6, 6.07) is 0. The zero-order chi connectivity index (χ0) is 41.4. The summed E-state index contributed by atoms with van der Waals surface area (Å²) in [6.45, 7) is 23.4. The molecule has 0 aromatic carbocycles. The van der Waals surface area contributed by atoms with E-state index in [1.54, 1.807) is 6.41 Å². The number of carbonyl (C=O) groups excluding carboxylic acids is 2. The number of nitrogens with zero attached hydrogens (tertiary/aromatic N) is 1. The maximum Gasteiger partial charge on any atom is 1.00 e. The Hall–Kier alpha value is -0.963. The van der Waals surface area contributed by atoms with Crippen molar-refractivity contribution in [1.29, 1.82) is 0 Å². The molecule has 1 heterocycles. The summed E-state index contributed by atoms with van der Waals surface area (Å²) in [5.41, 5.74) is 0. The van der Waals surface area contributed by atoms with Gasteiger partial charge in [-0.2, -0.15) is 19.3 Å². The number of esters is 1. The quantitative estimate of drug-likeness (QED) is 0.0167. The minimum atomic E-state index is 0. The molecule has 0 aromatic heterocycles. The molecule has 0 spiro atoms. The van der Waals surface area contributed by atoms with Crippen molar-refractivity contribution < 1.29 is 37.9 Å². The molecule has 1 aliphatic rings. The van der Waals surface area contributed by atoms with Crippen LogP contribution in [0, 0.1) is 13.8 Å². The Kier molecular flexibility index (Phi) is 56.2. The van der Waals surface area contributed by atoms with Crippen molar-refractivity contribution in [2.24, 2.45) is 0 Å². The van der Waals surface area contributed by atoms with Crippen molar-refractivity contribution in [2.75, 3.05) is 32.8 Å². The molecule has 6 nitrogen and oxygen atoms in total. The Morgan fingerprint density at radius 3 is 1.54 bits per heavy atom.